The predicted molar refractivity (Wildman–Crippen MR) is 56.8 cm³/mol. The Hall–Kier alpha value is -1.10. The van der Waals surface area contributed by atoms with E-state index in [0.717, 1.165) is 19.3 Å². The molecule has 0 saturated heterocycles. The van der Waals surface area contributed by atoms with E-state index in [1.54, 1.807) is 6.92 Å². The summed E-state index contributed by atoms with van der Waals surface area (Å²) in [5, 5.41) is 2.79. The maximum absolute atomic E-state index is 11.8. The lowest BCUT2D eigenvalue weighted by Gasteiger charge is -2.39. The quantitative estimate of drug-likeness (QED) is 0.574. The Morgan fingerprint density at radius 2 is 2.07 bits per heavy atom. The van der Waals surface area contributed by atoms with Gasteiger partial charge in [0.05, 0.1) is 5.41 Å². The molecular weight excluding hydrogens is 194 g/mol. The molecule has 0 aromatic carbocycles. The number of amides is 2. The van der Waals surface area contributed by atoms with E-state index in [1.807, 2.05) is 0 Å². The second-order valence-electron chi connectivity index (χ2n) is 4.38. The Bertz CT molecular complexity index is 256. The van der Waals surface area contributed by atoms with Crippen molar-refractivity contribution in [3.8, 4) is 0 Å². The lowest BCUT2D eigenvalue weighted by Crippen LogP contribution is -2.52. The first kappa shape index (κ1) is 12.0. The van der Waals surface area contributed by atoms with Gasteiger partial charge >= 0.3 is 0 Å². The van der Waals surface area contributed by atoms with Gasteiger partial charge in [-0.25, -0.2) is 0 Å². The largest absolute Gasteiger partial charge is 0.370 e. The van der Waals surface area contributed by atoms with E-state index in [2.05, 4.69) is 5.32 Å². The molecule has 1 rings (SSSR count). The molecule has 1 unspecified atom stereocenters. The third kappa shape index (κ3) is 2.68. The van der Waals surface area contributed by atoms with Crippen molar-refractivity contribution in [3.05, 3.63) is 0 Å². The molecule has 1 atom stereocenters. The van der Waals surface area contributed by atoms with Crippen LogP contribution in [0.2, 0.25) is 0 Å². The fourth-order valence-corrected chi connectivity index (χ4v) is 1.86. The summed E-state index contributed by atoms with van der Waals surface area (Å²) in [5.41, 5.74) is 10.3. The van der Waals surface area contributed by atoms with E-state index in [9.17, 15) is 9.59 Å². The van der Waals surface area contributed by atoms with Crippen LogP contribution in [0.15, 0.2) is 0 Å². The summed E-state index contributed by atoms with van der Waals surface area (Å²) < 4.78 is 0. The van der Waals surface area contributed by atoms with Crippen LogP contribution in [0.4, 0.5) is 0 Å². The lowest BCUT2D eigenvalue weighted by atomic mass is 9.68. The van der Waals surface area contributed by atoms with Crippen LogP contribution in [0.3, 0.4) is 0 Å². The molecule has 0 radical (unpaired) electrons. The highest BCUT2D eigenvalue weighted by Crippen LogP contribution is 2.40. The molecule has 1 saturated carbocycles. The summed E-state index contributed by atoms with van der Waals surface area (Å²) in [5.74, 6) is -0.441. The van der Waals surface area contributed by atoms with Gasteiger partial charge in [-0.3, -0.25) is 9.59 Å². The van der Waals surface area contributed by atoms with Crippen LogP contribution in [0, 0.1) is 5.41 Å². The number of carbonyl (C=O) groups is 2. The van der Waals surface area contributed by atoms with Crippen LogP contribution >= 0.6 is 0 Å². The average molecular weight is 213 g/mol. The molecule has 0 spiro atoms. The Morgan fingerprint density at radius 1 is 1.47 bits per heavy atom. The first-order valence-corrected chi connectivity index (χ1v) is 5.29. The number of primary amides is 1. The van der Waals surface area contributed by atoms with Crippen molar-refractivity contribution >= 4 is 11.8 Å². The van der Waals surface area contributed by atoms with Crippen molar-refractivity contribution < 1.29 is 9.59 Å². The Kier molecular flexibility index (Phi) is 3.68. The number of hydrogen-bond acceptors (Lipinski definition) is 3. The van der Waals surface area contributed by atoms with Crippen LogP contribution in [0.1, 0.15) is 32.6 Å². The number of hydrogen-bond donors (Lipinski definition) is 3. The third-order valence-corrected chi connectivity index (χ3v) is 3.07. The fraction of sp³-hybridized carbons (Fsp3) is 0.800. The molecule has 2 amide bonds. The van der Waals surface area contributed by atoms with Gasteiger partial charge in [0.2, 0.25) is 11.8 Å². The Balaban J connectivity index is 2.44. The average Bonchev–Trinajstić information content (AvgIpc) is 2.00. The highest BCUT2D eigenvalue weighted by atomic mass is 16.2. The third-order valence-electron chi connectivity index (χ3n) is 3.07. The minimum atomic E-state index is -0.404. The number of nitrogens with two attached hydrogens (primary N) is 2. The number of carbonyl (C=O) groups excluding carboxylic acids is 2. The maximum Gasteiger partial charge on any atom is 0.227 e. The van der Waals surface area contributed by atoms with Gasteiger partial charge in [0.25, 0.3) is 0 Å². The summed E-state index contributed by atoms with van der Waals surface area (Å²) in [4.78, 5) is 22.5. The van der Waals surface area contributed by atoms with Crippen molar-refractivity contribution in [3.63, 3.8) is 0 Å². The van der Waals surface area contributed by atoms with Gasteiger partial charge < -0.3 is 16.8 Å². The van der Waals surface area contributed by atoms with Gasteiger partial charge in [-0.1, -0.05) is 6.42 Å². The standard InChI is InChI=1S/C10H19N3O2/c1-7(5-8(12)14)13-9(15)10(6-11)3-2-4-10/h7H,2-6,11H2,1H3,(H2,12,14)(H,13,15). The summed E-state index contributed by atoms with van der Waals surface area (Å²) in [6.07, 6.45) is 2.92. The summed E-state index contributed by atoms with van der Waals surface area (Å²) in [7, 11) is 0. The van der Waals surface area contributed by atoms with E-state index in [-0.39, 0.29) is 23.8 Å². The minimum Gasteiger partial charge on any atom is -0.370 e. The van der Waals surface area contributed by atoms with Crippen LogP contribution in [-0.2, 0) is 9.59 Å². The van der Waals surface area contributed by atoms with Crippen molar-refractivity contribution in [2.24, 2.45) is 16.9 Å². The molecule has 1 aliphatic carbocycles. The molecule has 0 bridgehead atoms. The summed E-state index contributed by atoms with van der Waals surface area (Å²) >= 11 is 0. The Morgan fingerprint density at radius 3 is 2.40 bits per heavy atom. The molecule has 5 heteroatoms. The molecular formula is C10H19N3O2. The van der Waals surface area contributed by atoms with Crippen LogP contribution < -0.4 is 16.8 Å². The van der Waals surface area contributed by atoms with Crippen molar-refractivity contribution in [2.75, 3.05) is 6.54 Å². The normalized spacial score (nSPS) is 20.1. The summed E-state index contributed by atoms with van der Waals surface area (Å²) in [6, 6.07) is -0.209. The van der Waals surface area contributed by atoms with E-state index >= 15 is 0 Å². The van der Waals surface area contributed by atoms with Gasteiger partial charge in [0.1, 0.15) is 0 Å². The highest BCUT2D eigenvalue weighted by Gasteiger charge is 2.43. The smallest absolute Gasteiger partial charge is 0.227 e. The van der Waals surface area contributed by atoms with E-state index in [0.29, 0.717) is 6.54 Å². The van der Waals surface area contributed by atoms with Crippen LogP contribution in [-0.4, -0.2) is 24.4 Å². The Labute approximate surface area is 89.6 Å². The van der Waals surface area contributed by atoms with E-state index < -0.39 is 5.91 Å². The second-order valence-corrected chi connectivity index (χ2v) is 4.38. The molecule has 5 nitrogen and oxygen atoms in total. The van der Waals surface area contributed by atoms with E-state index in [4.69, 9.17) is 11.5 Å². The minimum absolute atomic E-state index is 0.0370. The van der Waals surface area contributed by atoms with Gasteiger partial charge in [-0.05, 0) is 19.8 Å². The van der Waals surface area contributed by atoms with Crippen molar-refractivity contribution in [2.45, 2.75) is 38.6 Å². The molecule has 15 heavy (non-hydrogen) atoms. The fourth-order valence-electron chi connectivity index (χ4n) is 1.86. The first-order chi connectivity index (χ1) is 7.00. The zero-order valence-electron chi connectivity index (χ0n) is 9.08. The van der Waals surface area contributed by atoms with Gasteiger partial charge in [-0.15, -0.1) is 0 Å². The zero-order chi connectivity index (χ0) is 11.5. The molecule has 0 aliphatic heterocycles. The second kappa shape index (κ2) is 4.61. The summed E-state index contributed by atoms with van der Waals surface area (Å²) in [6.45, 7) is 2.15. The number of rotatable bonds is 5. The van der Waals surface area contributed by atoms with Gasteiger partial charge in [-0.2, -0.15) is 0 Å². The maximum atomic E-state index is 11.8. The SMILES string of the molecule is CC(CC(N)=O)NC(=O)C1(CN)CCC1. The highest BCUT2D eigenvalue weighted by molar-refractivity contribution is 5.84. The molecule has 1 fully saturated rings. The van der Waals surface area contributed by atoms with E-state index in [1.165, 1.54) is 0 Å². The molecule has 5 N–H and O–H groups in total. The number of nitrogens with one attached hydrogen (secondary N) is 1. The van der Waals surface area contributed by atoms with Crippen molar-refractivity contribution in [1.29, 1.82) is 0 Å². The monoisotopic (exact) mass is 213 g/mol. The van der Waals surface area contributed by atoms with Crippen LogP contribution in [0.5, 0.6) is 0 Å². The molecule has 0 aromatic heterocycles. The molecule has 0 aromatic rings. The lowest BCUT2D eigenvalue weighted by molar-refractivity contribution is -0.136. The molecule has 1 aliphatic rings. The van der Waals surface area contributed by atoms with Gasteiger partial charge in [0.15, 0.2) is 0 Å². The predicted octanol–water partition coefficient (Wildman–Crippen LogP) is -0.504. The zero-order valence-corrected chi connectivity index (χ0v) is 9.08. The van der Waals surface area contributed by atoms with Crippen molar-refractivity contribution in [1.82, 2.24) is 5.32 Å². The first-order valence-electron chi connectivity index (χ1n) is 5.29. The van der Waals surface area contributed by atoms with Gasteiger partial charge in [0, 0.05) is 19.0 Å². The molecule has 86 valence electrons. The topological polar surface area (TPSA) is 98.2 Å². The molecule has 0 heterocycles. The van der Waals surface area contributed by atoms with Crippen LogP contribution in [0.25, 0.3) is 0 Å².